The van der Waals surface area contributed by atoms with Crippen molar-refractivity contribution in [1.29, 1.82) is 0 Å². The van der Waals surface area contributed by atoms with Gasteiger partial charge in [-0.1, -0.05) is 50.2 Å². The Labute approximate surface area is 174 Å². The number of nitrogens with one attached hydrogen (secondary N) is 1. The number of rotatable bonds is 9. The highest BCUT2D eigenvalue weighted by molar-refractivity contribution is 7.09. The topological polar surface area (TPSA) is 61.2 Å². The fourth-order valence-electron chi connectivity index (χ4n) is 3.81. The minimum atomic E-state index is 0.140. The van der Waals surface area contributed by atoms with Crippen LogP contribution in [0.5, 0.6) is 0 Å². The molecular formula is C22H26N5OS+. The summed E-state index contributed by atoms with van der Waals surface area (Å²) in [7, 11) is 0. The molecule has 0 saturated carbocycles. The molecule has 0 bridgehead atoms. The minimum Gasteiger partial charge on any atom is -0.463 e. The molecule has 4 aromatic rings. The lowest BCUT2D eigenvalue weighted by molar-refractivity contribution is -0.963. The van der Waals surface area contributed by atoms with Crippen molar-refractivity contribution in [2.75, 3.05) is 0 Å². The van der Waals surface area contributed by atoms with Gasteiger partial charge in [0.15, 0.2) is 11.8 Å². The number of tetrazole rings is 1. The lowest BCUT2D eigenvalue weighted by Crippen LogP contribution is -3.10. The predicted molar refractivity (Wildman–Crippen MR) is 112 cm³/mol. The number of quaternary nitrogens is 1. The van der Waals surface area contributed by atoms with E-state index in [1.165, 1.54) is 15.3 Å². The first-order valence-electron chi connectivity index (χ1n) is 9.90. The van der Waals surface area contributed by atoms with Crippen molar-refractivity contribution < 1.29 is 9.32 Å². The number of aromatic nitrogens is 4. The molecule has 150 valence electrons. The summed E-state index contributed by atoms with van der Waals surface area (Å²) in [5.41, 5.74) is 1.19. The minimum absolute atomic E-state index is 0.140. The maximum Gasteiger partial charge on any atom is 0.209 e. The Bertz CT molecular complexity index is 943. The van der Waals surface area contributed by atoms with E-state index in [1.807, 2.05) is 35.0 Å². The first kappa shape index (κ1) is 19.5. The first-order chi connectivity index (χ1) is 14.2. The number of thiophene rings is 1. The number of nitrogens with zero attached hydrogens (tertiary/aromatic N) is 4. The fraction of sp³-hybridized carbons (Fsp3) is 0.318. The van der Waals surface area contributed by atoms with E-state index in [9.17, 15) is 0 Å². The molecule has 1 N–H and O–H groups in total. The fourth-order valence-corrected chi connectivity index (χ4v) is 4.57. The summed E-state index contributed by atoms with van der Waals surface area (Å²) in [6, 6.07) is 18.8. The second-order valence-electron chi connectivity index (χ2n) is 7.57. The second-order valence-corrected chi connectivity index (χ2v) is 8.60. The molecule has 0 spiro atoms. The number of benzene rings is 1. The van der Waals surface area contributed by atoms with E-state index >= 15 is 0 Å². The molecule has 6 nitrogen and oxygen atoms in total. The summed E-state index contributed by atoms with van der Waals surface area (Å²) >= 11 is 1.79. The van der Waals surface area contributed by atoms with Crippen molar-refractivity contribution in [2.24, 2.45) is 5.92 Å². The summed E-state index contributed by atoms with van der Waals surface area (Å²) < 4.78 is 7.62. The van der Waals surface area contributed by atoms with Crippen LogP contribution in [0.15, 0.2) is 70.7 Å². The Hall–Kier alpha value is -2.77. The van der Waals surface area contributed by atoms with Gasteiger partial charge in [-0.2, -0.15) is 0 Å². The molecule has 1 unspecified atom stereocenters. The van der Waals surface area contributed by atoms with Crippen LogP contribution in [0.3, 0.4) is 0 Å². The SMILES string of the molecule is CC(C)[C@@H](c1nnnn1Cc1ccccc1)[NH+](Cc1ccco1)Cc1cccs1. The van der Waals surface area contributed by atoms with Gasteiger partial charge in [0.05, 0.1) is 17.7 Å². The van der Waals surface area contributed by atoms with Crippen LogP contribution in [0.1, 0.15) is 41.9 Å². The van der Waals surface area contributed by atoms with Gasteiger partial charge in [-0.15, -0.1) is 16.4 Å². The molecule has 0 aliphatic heterocycles. The molecule has 0 saturated heterocycles. The maximum atomic E-state index is 5.68. The van der Waals surface area contributed by atoms with Crippen molar-refractivity contribution in [3.05, 3.63) is 88.3 Å². The van der Waals surface area contributed by atoms with E-state index in [0.717, 1.165) is 24.7 Å². The Morgan fingerprint density at radius 3 is 2.59 bits per heavy atom. The zero-order valence-corrected chi connectivity index (χ0v) is 17.5. The van der Waals surface area contributed by atoms with Crippen LogP contribution in [-0.4, -0.2) is 20.2 Å². The third kappa shape index (κ3) is 4.81. The van der Waals surface area contributed by atoms with E-state index in [1.54, 1.807) is 17.6 Å². The largest absolute Gasteiger partial charge is 0.463 e. The average molecular weight is 409 g/mol. The Kier molecular flexibility index (Phi) is 6.17. The highest BCUT2D eigenvalue weighted by Gasteiger charge is 2.33. The smallest absolute Gasteiger partial charge is 0.209 e. The van der Waals surface area contributed by atoms with Crippen molar-refractivity contribution in [2.45, 2.75) is 39.5 Å². The quantitative estimate of drug-likeness (QED) is 0.461. The number of furan rings is 1. The molecule has 0 aliphatic rings. The van der Waals surface area contributed by atoms with Crippen LogP contribution in [-0.2, 0) is 19.6 Å². The lowest BCUT2D eigenvalue weighted by Gasteiger charge is -2.29. The molecule has 3 aromatic heterocycles. The van der Waals surface area contributed by atoms with Gasteiger partial charge in [0.25, 0.3) is 0 Å². The van der Waals surface area contributed by atoms with Crippen molar-refractivity contribution in [3.8, 4) is 0 Å². The molecule has 2 atom stereocenters. The van der Waals surface area contributed by atoms with Crippen LogP contribution in [0.2, 0.25) is 0 Å². The van der Waals surface area contributed by atoms with E-state index < -0.39 is 0 Å². The molecule has 7 heteroatoms. The van der Waals surface area contributed by atoms with Gasteiger partial charge in [0.2, 0.25) is 5.82 Å². The normalized spacial score (nSPS) is 13.6. The Morgan fingerprint density at radius 2 is 1.90 bits per heavy atom. The summed E-state index contributed by atoms with van der Waals surface area (Å²) in [5.74, 6) is 2.26. The van der Waals surface area contributed by atoms with Gasteiger partial charge in [-0.25, -0.2) is 4.68 Å². The molecule has 0 fully saturated rings. The summed E-state index contributed by atoms with van der Waals surface area (Å²) in [4.78, 5) is 2.72. The molecule has 0 radical (unpaired) electrons. The van der Waals surface area contributed by atoms with Crippen molar-refractivity contribution >= 4 is 11.3 Å². The zero-order chi connectivity index (χ0) is 20.1. The van der Waals surface area contributed by atoms with E-state index in [4.69, 9.17) is 4.42 Å². The first-order valence-corrected chi connectivity index (χ1v) is 10.8. The van der Waals surface area contributed by atoms with Crippen LogP contribution in [0.25, 0.3) is 0 Å². The second kappa shape index (κ2) is 9.15. The Morgan fingerprint density at radius 1 is 1.03 bits per heavy atom. The molecule has 0 aliphatic carbocycles. The monoisotopic (exact) mass is 408 g/mol. The van der Waals surface area contributed by atoms with Gasteiger partial charge >= 0.3 is 0 Å². The van der Waals surface area contributed by atoms with Crippen LogP contribution in [0.4, 0.5) is 0 Å². The van der Waals surface area contributed by atoms with Gasteiger partial charge in [0.1, 0.15) is 13.1 Å². The molecular weight excluding hydrogens is 382 g/mol. The van der Waals surface area contributed by atoms with Crippen molar-refractivity contribution in [1.82, 2.24) is 20.2 Å². The standard InChI is InChI=1S/C22H25N5OS/c1-17(2)21(22-23-24-25-27(22)14-18-8-4-3-5-9-18)26(15-19-10-6-12-28-19)16-20-11-7-13-29-20/h3-13,17,21H,14-16H2,1-2H3/p+1/t21-/m0/s1. The highest BCUT2D eigenvalue weighted by Crippen LogP contribution is 2.19. The van der Waals surface area contributed by atoms with E-state index in [0.29, 0.717) is 12.5 Å². The van der Waals surface area contributed by atoms with E-state index in [-0.39, 0.29) is 6.04 Å². The number of hydrogen-bond acceptors (Lipinski definition) is 5. The summed E-state index contributed by atoms with van der Waals surface area (Å²) in [6.45, 7) is 6.83. The summed E-state index contributed by atoms with van der Waals surface area (Å²) in [5, 5.41) is 14.9. The molecule has 3 heterocycles. The van der Waals surface area contributed by atoms with Crippen molar-refractivity contribution in [3.63, 3.8) is 0 Å². The van der Waals surface area contributed by atoms with Gasteiger partial charge in [0, 0.05) is 5.92 Å². The number of hydrogen-bond donors (Lipinski definition) is 1. The molecule has 0 amide bonds. The van der Waals surface area contributed by atoms with Crippen LogP contribution >= 0.6 is 11.3 Å². The zero-order valence-electron chi connectivity index (χ0n) is 16.7. The predicted octanol–water partition coefficient (Wildman–Crippen LogP) is 3.36. The highest BCUT2D eigenvalue weighted by atomic mass is 32.1. The van der Waals surface area contributed by atoms with Crippen LogP contribution in [0, 0.1) is 5.92 Å². The maximum absolute atomic E-state index is 5.68. The molecule has 1 aromatic carbocycles. The van der Waals surface area contributed by atoms with Gasteiger partial charge in [-0.05, 0) is 39.6 Å². The summed E-state index contributed by atoms with van der Waals surface area (Å²) in [6.07, 6.45) is 1.74. The third-order valence-electron chi connectivity index (χ3n) is 5.08. The van der Waals surface area contributed by atoms with E-state index in [2.05, 4.69) is 59.0 Å². The Balaban J connectivity index is 1.66. The average Bonchev–Trinajstić information content (AvgIpc) is 3.47. The van der Waals surface area contributed by atoms with Crippen LogP contribution < -0.4 is 4.90 Å². The lowest BCUT2D eigenvalue weighted by atomic mass is 10.0. The third-order valence-corrected chi connectivity index (χ3v) is 5.96. The van der Waals surface area contributed by atoms with Gasteiger partial charge in [-0.3, -0.25) is 0 Å². The molecule has 4 rings (SSSR count). The van der Waals surface area contributed by atoms with Gasteiger partial charge < -0.3 is 9.32 Å². The molecule has 29 heavy (non-hydrogen) atoms.